The summed E-state index contributed by atoms with van der Waals surface area (Å²) in [5.41, 5.74) is 2.06. The average molecular weight is 429 g/mol. The van der Waals surface area contributed by atoms with E-state index in [-0.39, 0.29) is 5.91 Å². The number of nitrogens with one attached hydrogen (secondary N) is 1. The van der Waals surface area contributed by atoms with E-state index in [9.17, 15) is 4.79 Å². The lowest BCUT2D eigenvalue weighted by molar-refractivity contribution is 0.102. The van der Waals surface area contributed by atoms with Gasteiger partial charge in [0.1, 0.15) is 16.5 Å². The lowest BCUT2D eigenvalue weighted by Crippen LogP contribution is -2.18. The highest BCUT2D eigenvalue weighted by atomic mass is 79.9. The zero-order valence-corrected chi connectivity index (χ0v) is 16.4. The summed E-state index contributed by atoms with van der Waals surface area (Å²) in [6.45, 7) is 2.14. The molecule has 0 unspecified atom stereocenters. The van der Waals surface area contributed by atoms with E-state index in [1.807, 2.05) is 42.6 Å². The van der Waals surface area contributed by atoms with Crippen LogP contribution in [-0.4, -0.2) is 29.0 Å². The van der Waals surface area contributed by atoms with Gasteiger partial charge in [-0.25, -0.2) is 9.97 Å². The number of anilines is 2. The number of nitrogens with zero attached hydrogens (tertiary/aromatic N) is 3. The molecule has 5 nitrogen and oxygen atoms in total. The Morgan fingerprint density at radius 2 is 1.96 bits per heavy atom. The van der Waals surface area contributed by atoms with Crippen LogP contribution < -0.4 is 10.2 Å². The first kappa shape index (κ1) is 17.2. The number of para-hydroxylation sites is 1. The monoisotopic (exact) mass is 428 g/mol. The zero-order valence-electron chi connectivity index (χ0n) is 14.0. The molecule has 1 fully saturated rings. The van der Waals surface area contributed by atoms with E-state index in [1.54, 1.807) is 5.38 Å². The molecule has 1 aromatic carbocycles. The number of halogens is 1. The van der Waals surface area contributed by atoms with Crippen molar-refractivity contribution in [3.8, 4) is 10.6 Å². The van der Waals surface area contributed by atoms with Crippen molar-refractivity contribution in [2.75, 3.05) is 23.3 Å². The Morgan fingerprint density at radius 3 is 2.69 bits per heavy atom. The third-order valence-corrected chi connectivity index (χ3v) is 5.87. The Morgan fingerprint density at radius 1 is 1.15 bits per heavy atom. The molecule has 0 radical (unpaired) electrons. The third kappa shape index (κ3) is 3.64. The van der Waals surface area contributed by atoms with E-state index in [2.05, 4.69) is 36.1 Å². The molecule has 1 N–H and O–H groups in total. The van der Waals surface area contributed by atoms with Crippen LogP contribution in [0.3, 0.4) is 0 Å². The maximum Gasteiger partial charge on any atom is 0.275 e. The molecule has 2 aromatic heterocycles. The van der Waals surface area contributed by atoms with Gasteiger partial charge in [-0.15, -0.1) is 11.3 Å². The average Bonchev–Trinajstić information content (AvgIpc) is 3.36. The maximum atomic E-state index is 12.4. The summed E-state index contributed by atoms with van der Waals surface area (Å²) in [6, 6.07) is 11.6. The van der Waals surface area contributed by atoms with Crippen LogP contribution in [0.5, 0.6) is 0 Å². The van der Waals surface area contributed by atoms with E-state index in [4.69, 9.17) is 0 Å². The van der Waals surface area contributed by atoms with Gasteiger partial charge in [0.2, 0.25) is 0 Å². The summed E-state index contributed by atoms with van der Waals surface area (Å²) in [4.78, 5) is 23.8. The minimum Gasteiger partial charge on any atom is -0.357 e. The summed E-state index contributed by atoms with van der Waals surface area (Å²) in [5.74, 6) is 0.788. The standard InChI is InChI=1S/C19H17BrN4OS/c20-14-5-1-2-6-15(14)22-18(25)16-12-26-19(23-16)13-7-8-17(21-11-13)24-9-3-4-10-24/h1-2,5-8,11-12H,3-4,9-10H2,(H,22,25). The highest BCUT2D eigenvalue weighted by Gasteiger charge is 2.15. The number of carbonyl (C=O) groups is 1. The fraction of sp³-hybridized carbons (Fsp3) is 0.211. The smallest absolute Gasteiger partial charge is 0.275 e. The Hall–Kier alpha value is -2.25. The van der Waals surface area contributed by atoms with Crippen LogP contribution >= 0.6 is 27.3 Å². The van der Waals surface area contributed by atoms with Crippen molar-refractivity contribution in [3.05, 3.63) is 58.1 Å². The van der Waals surface area contributed by atoms with Gasteiger partial charge in [0.15, 0.2) is 0 Å². The molecule has 0 spiro atoms. The van der Waals surface area contributed by atoms with Crippen LogP contribution in [0.15, 0.2) is 52.4 Å². The second kappa shape index (κ2) is 7.55. The van der Waals surface area contributed by atoms with Gasteiger partial charge < -0.3 is 10.2 Å². The lowest BCUT2D eigenvalue weighted by atomic mass is 10.3. The topological polar surface area (TPSA) is 58.1 Å². The maximum absolute atomic E-state index is 12.4. The van der Waals surface area contributed by atoms with Crippen molar-refractivity contribution in [1.29, 1.82) is 0 Å². The Balaban J connectivity index is 1.48. The van der Waals surface area contributed by atoms with E-state index < -0.39 is 0 Å². The molecular formula is C19H17BrN4OS. The van der Waals surface area contributed by atoms with Crippen LogP contribution in [0.25, 0.3) is 10.6 Å². The molecule has 1 aliphatic heterocycles. The molecule has 132 valence electrons. The lowest BCUT2D eigenvalue weighted by Gasteiger charge is -2.15. The molecule has 26 heavy (non-hydrogen) atoms. The molecule has 7 heteroatoms. The Bertz CT molecular complexity index is 919. The summed E-state index contributed by atoms with van der Waals surface area (Å²) in [5, 5.41) is 5.44. The molecule has 1 aliphatic rings. The van der Waals surface area contributed by atoms with Crippen molar-refractivity contribution in [3.63, 3.8) is 0 Å². The molecule has 1 amide bonds. The highest BCUT2D eigenvalue weighted by Crippen LogP contribution is 2.27. The predicted octanol–water partition coefficient (Wildman–Crippen LogP) is 4.82. The SMILES string of the molecule is O=C(Nc1ccccc1Br)c1csc(-c2ccc(N3CCCC3)nc2)n1. The molecule has 0 bridgehead atoms. The van der Waals surface area contributed by atoms with Gasteiger partial charge in [-0.1, -0.05) is 12.1 Å². The van der Waals surface area contributed by atoms with Gasteiger partial charge in [-0.05, 0) is 53.0 Å². The quantitative estimate of drug-likeness (QED) is 0.646. The zero-order chi connectivity index (χ0) is 17.9. The molecule has 3 aromatic rings. The first-order valence-corrected chi connectivity index (χ1v) is 10.1. The van der Waals surface area contributed by atoms with Crippen molar-refractivity contribution in [2.45, 2.75) is 12.8 Å². The second-order valence-electron chi connectivity index (χ2n) is 6.07. The van der Waals surface area contributed by atoms with Gasteiger partial charge in [0, 0.05) is 34.7 Å². The van der Waals surface area contributed by atoms with Crippen molar-refractivity contribution >= 4 is 44.7 Å². The number of carbonyl (C=O) groups excluding carboxylic acids is 1. The number of hydrogen-bond acceptors (Lipinski definition) is 5. The Kier molecular flexibility index (Phi) is 4.99. The second-order valence-corrected chi connectivity index (χ2v) is 7.78. The molecule has 0 saturated carbocycles. The van der Waals surface area contributed by atoms with Crippen LogP contribution in [-0.2, 0) is 0 Å². The van der Waals surface area contributed by atoms with E-state index in [0.29, 0.717) is 5.69 Å². The van der Waals surface area contributed by atoms with Crippen LogP contribution in [0.2, 0.25) is 0 Å². The van der Waals surface area contributed by atoms with Crippen molar-refractivity contribution in [2.24, 2.45) is 0 Å². The van der Waals surface area contributed by atoms with E-state index in [1.165, 1.54) is 24.2 Å². The minimum absolute atomic E-state index is 0.221. The summed E-state index contributed by atoms with van der Waals surface area (Å²) < 4.78 is 0.838. The summed E-state index contributed by atoms with van der Waals surface area (Å²) >= 11 is 4.88. The molecule has 1 saturated heterocycles. The molecule has 0 aliphatic carbocycles. The normalized spacial score (nSPS) is 13.8. The fourth-order valence-electron chi connectivity index (χ4n) is 2.91. The molecule has 0 atom stereocenters. The number of pyridine rings is 1. The number of thiazole rings is 1. The van der Waals surface area contributed by atoms with E-state index >= 15 is 0 Å². The van der Waals surface area contributed by atoms with Crippen LogP contribution in [0.4, 0.5) is 11.5 Å². The van der Waals surface area contributed by atoms with Crippen LogP contribution in [0.1, 0.15) is 23.3 Å². The van der Waals surface area contributed by atoms with Gasteiger partial charge in [0.25, 0.3) is 5.91 Å². The molecule has 3 heterocycles. The molecular weight excluding hydrogens is 412 g/mol. The van der Waals surface area contributed by atoms with Crippen molar-refractivity contribution < 1.29 is 4.79 Å². The first-order chi connectivity index (χ1) is 12.7. The van der Waals surface area contributed by atoms with Crippen molar-refractivity contribution in [1.82, 2.24) is 9.97 Å². The minimum atomic E-state index is -0.221. The fourth-order valence-corrected chi connectivity index (χ4v) is 4.08. The number of aromatic nitrogens is 2. The van der Waals surface area contributed by atoms with Gasteiger partial charge in [-0.2, -0.15) is 0 Å². The Labute approximate surface area is 164 Å². The van der Waals surface area contributed by atoms with Gasteiger partial charge >= 0.3 is 0 Å². The number of hydrogen-bond donors (Lipinski definition) is 1. The first-order valence-electron chi connectivity index (χ1n) is 8.43. The highest BCUT2D eigenvalue weighted by molar-refractivity contribution is 9.10. The van der Waals surface area contributed by atoms with Gasteiger partial charge in [-0.3, -0.25) is 4.79 Å². The van der Waals surface area contributed by atoms with Gasteiger partial charge in [0.05, 0.1) is 5.69 Å². The number of amides is 1. The number of benzene rings is 1. The third-order valence-electron chi connectivity index (χ3n) is 4.28. The van der Waals surface area contributed by atoms with E-state index in [0.717, 1.165) is 39.6 Å². The van der Waals surface area contributed by atoms with Crippen LogP contribution in [0, 0.1) is 0 Å². The summed E-state index contributed by atoms with van der Waals surface area (Å²) in [6.07, 6.45) is 4.29. The largest absolute Gasteiger partial charge is 0.357 e. The molecule has 4 rings (SSSR count). The number of rotatable bonds is 4. The predicted molar refractivity (Wildman–Crippen MR) is 109 cm³/mol. The summed E-state index contributed by atoms with van der Waals surface area (Å²) in [7, 11) is 0.